The summed E-state index contributed by atoms with van der Waals surface area (Å²) in [4.78, 5) is 0. The van der Waals surface area contributed by atoms with E-state index in [4.69, 9.17) is 0 Å². The summed E-state index contributed by atoms with van der Waals surface area (Å²) in [5.74, 6) is 0.556. The van der Waals surface area contributed by atoms with Crippen molar-refractivity contribution in [2.45, 2.75) is 95.1 Å². The van der Waals surface area contributed by atoms with Crippen molar-refractivity contribution in [2.24, 2.45) is 0 Å². The molecule has 1 fully saturated rings. The van der Waals surface area contributed by atoms with Crippen LogP contribution in [0.2, 0.25) is 11.1 Å². The maximum absolute atomic E-state index is 2.57. The van der Waals surface area contributed by atoms with Crippen LogP contribution in [0.3, 0.4) is 0 Å². The number of hydrogen-bond donors (Lipinski definition) is 0. The average molecular weight is 439 g/mol. The van der Waals surface area contributed by atoms with Gasteiger partial charge < -0.3 is 0 Å². The topological polar surface area (TPSA) is 0 Å². The highest BCUT2D eigenvalue weighted by Crippen LogP contribution is 2.55. The molecule has 2 aromatic rings. The summed E-state index contributed by atoms with van der Waals surface area (Å²) in [6, 6.07) is 14.8. The van der Waals surface area contributed by atoms with E-state index in [2.05, 4.69) is 96.2 Å². The normalized spacial score (nSPS) is 23.2. The van der Waals surface area contributed by atoms with Gasteiger partial charge in [-0.3, -0.25) is 0 Å². The third kappa shape index (κ3) is 3.87. The molecule has 0 nitrogen and oxygen atoms in total. The first-order valence-corrected chi connectivity index (χ1v) is 13.7. The SMILES string of the molecule is CC(C)(C)c1ccc2c(c1)C(C1CCCC(C3=CC=CC3)[Si]1)c1cc(C(C)(C)C)ccc1-2. The zero-order valence-electron chi connectivity index (χ0n) is 20.8. The van der Waals surface area contributed by atoms with Crippen molar-refractivity contribution >= 4 is 9.52 Å². The fourth-order valence-corrected chi connectivity index (χ4v) is 8.15. The first-order chi connectivity index (χ1) is 15.1. The fraction of sp³-hybridized carbons (Fsp3) is 0.484. The van der Waals surface area contributed by atoms with Crippen molar-refractivity contribution in [1.29, 1.82) is 0 Å². The molecular formula is C31H38Si. The van der Waals surface area contributed by atoms with E-state index in [1.54, 1.807) is 16.7 Å². The summed E-state index contributed by atoms with van der Waals surface area (Å²) >= 11 is 0. The molecule has 166 valence electrons. The van der Waals surface area contributed by atoms with E-state index in [0.29, 0.717) is 5.92 Å². The van der Waals surface area contributed by atoms with Crippen LogP contribution < -0.4 is 0 Å². The molecule has 32 heavy (non-hydrogen) atoms. The Labute approximate surface area is 198 Å². The van der Waals surface area contributed by atoms with Crippen molar-refractivity contribution in [3.05, 3.63) is 82.5 Å². The molecule has 2 unspecified atom stereocenters. The van der Waals surface area contributed by atoms with E-state index in [1.807, 2.05) is 0 Å². The minimum Gasteiger partial charge on any atom is -0.0805 e. The molecule has 2 radical (unpaired) electrons. The Balaban J connectivity index is 1.60. The predicted molar refractivity (Wildman–Crippen MR) is 140 cm³/mol. The number of benzene rings is 2. The molecule has 0 N–H and O–H groups in total. The average Bonchev–Trinajstić information content (AvgIpc) is 3.38. The summed E-state index contributed by atoms with van der Waals surface area (Å²) in [5, 5.41) is 0. The molecule has 3 aliphatic rings. The van der Waals surface area contributed by atoms with Crippen LogP contribution in [0.15, 0.2) is 60.2 Å². The molecule has 0 spiro atoms. The summed E-state index contributed by atoms with van der Waals surface area (Å²) in [7, 11) is 1.03. The smallest absolute Gasteiger partial charge is 0.0513 e. The lowest BCUT2D eigenvalue weighted by atomic mass is 9.81. The van der Waals surface area contributed by atoms with E-state index in [0.717, 1.165) is 20.6 Å². The standard InChI is InChI=1S/C31H38Si/c1-30(2,3)21-14-16-23-24-17-15-22(31(4,5)6)19-26(24)29(25(23)18-21)28-13-9-12-27(32-28)20-10-7-8-11-20/h7-8,10,14-19,27-29H,9,11-13H2,1-6H3. The predicted octanol–water partition coefficient (Wildman–Crippen LogP) is 8.75. The van der Waals surface area contributed by atoms with Crippen molar-refractivity contribution in [3.8, 4) is 11.1 Å². The van der Waals surface area contributed by atoms with E-state index >= 15 is 0 Å². The quantitative estimate of drug-likeness (QED) is 0.411. The third-order valence-corrected chi connectivity index (χ3v) is 9.98. The molecule has 2 aromatic carbocycles. The maximum Gasteiger partial charge on any atom is 0.0513 e. The fourth-order valence-electron chi connectivity index (χ4n) is 5.91. The molecule has 0 bridgehead atoms. The van der Waals surface area contributed by atoms with Gasteiger partial charge in [-0.2, -0.15) is 0 Å². The minimum absolute atomic E-state index is 0.183. The molecule has 1 aliphatic heterocycles. The van der Waals surface area contributed by atoms with Gasteiger partial charge in [-0.1, -0.05) is 115 Å². The Morgan fingerprint density at radius 2 is 1.38 bits per heavy atom. The molecule has 0 saturated carbocycles. The van der Waals surface area contributed by atoms with Gasteiger partial charge in [0.2, 0.25) is 0 Å². The van der Waals surface area contributed by atoms with Crippen LogP contribution in [0.25, 0.3) is 11.1 Å². The van der Waals surface area contributed by atoms with Gasteiger partial charge in [-0.25, -0.2) is 0 Å². The number of allylic oxidation sites excluding steroid dienone is 4. The second-order valence-electron chi connectivity index (χ2n) is 12.2. The highest BCUT2D eigenvalue weighted by Gasteiger charge is 2.39. The van der Waals surface area contributed by atoms with Gasteiger partial charge >= 0.3 is 0 Å². The molecule has 1 saturated heterocycles. The highest BCUT2D eigenvalue weighted by molar-refractivity contribution is 6.41. The van der Waals surface area contributed by atoms with Crippen LogP contribution in [-0.4, -0.2) is 9.52 Å². The Morgan fingerprint density at radius 1 is 0.781 bits per heavy atom. The third-order valence-electron chi connectivity index (χ3n) is 7.87. The summed E-state index contributed by atoms with van der Waals surface area (Å²) < 4.78 is 0. The van der Waals surface area contributed by atoms with Crippen molar-refractivity contribution in [3.63, 3.8) is 0 Å². The Hall–Kier alpha value is -1.86. The second kappa shape index (κ2) is 7.87. The van der Waals surface area contributed by atoms with Gasteiger partial charge in [-0.05, 0) is 68.1 Å². The monoisotopic (exact) mass is 438 g/mol. The molecule has 0 aromatic heterocycles. The van der Waals surface area contributed by atoms with Crippen LogP contribution in [0.4, 0.5) is 0 Å². The Bertz CT molecular complexity index is 1020. The molecule has 2 atom stereocenters. The number of fused-ring (bicyclic) bond motifs is 3. The first-order valence-electron chi connectivity index (χ1n) is 12.5. The summed E-state index contributed by atoms with van der Waals surface area (Å²) in [5.41, 5.74) is 12.8. The first kappa shape index (κ1) is 22.0. The van der Waals surface area contributed by atoms with Crippen LogP contribution >= 0.6 is 0 Å². The lowest BCUT2D eigenvalue weighted by Gasteiger charge is -2.35. The molecule has 1 heterocycles. The zero-order valence-corrected chi connectivity index (χ0v) is 21.8. The van der Waals surface area contributed by atoms with Gasteiger partial charge in [0.1, 0.15) is 0 Å². The van der Waals surface area contributed by atoms with Crippen molar-refractivity contribution < 1.29 is 0 Å². The molecule has 2 aliphatic carbocycles. The van der Waals surface area contributed by atoms with Gasteiger partial charge in [0.05, 0.1) is 9.52 Å². The van der Waals surface area contributed by atoms with Gasteiger partial charge in [0.25, 0.3) is 0 Å². The summed E-state index contributed by atoms with van der Waals surface area (Å²) in [6.07, 6.45) is 12.3. The highest BCUT2D eigenvalue weighted by atomic mass is 28.2. The van der Waals surface area contributed by atoms with E-state index < -0.39 is 0 Å². The van der Waals surface area contributed by atoms with Crippen molar-refractivity contribution in [1.82, 2.24) is 0 Å². The van der Waals surface area contributed by atoms with E-state index in [-0.39, 0.29) is 10.8 Å². The minimum atomic E-state index is 0.183. The van der Waals surface area contributed by atoms with E-state index in [1.165, 1.54) is 47.9 Å². The molecular weight excluding hydrogens is 400 g/mol. The largest absolute Gasteiger partial charge is 0.0805 e. The van der Waals surface area contributed by atoms with Gasteiger partial charge in [-0.15, -0.1) is 0 Å². The van der Waals surface area contributed by atoms with Crippen LogP contribution in [0.1, 0.15) is 95.4 Å². The molecule has 5 rings (SSSR count). The Kier molecular flexibility index (Phi) is 5.40. The zero-order chi connectivity index (χ0) is 22.7. The van der Waals surface area contributed by atoms with Crippen molar-refractivity contribution in [2.75, 3.05) is 0 Å². The number of hydrogen-bond acceptors (Lipinski definition) is 0. The lowest BCUT2D eigenvalue weighted by Crippen LogP contribution is -2.24. The van der Waals surface area contributed by atoms with Crippen LogP contribution in [-0.2, 0) is 10.8 Å². The van der Waals surface area contributed by atoms with E-state index in [9.17, 15) is 0 Å². The molecule has 0 amide bonds. The maximum atomic E-state index is 2.57. The lowest BCUT2D eigenvalue weighted by molar-refractivity contribution is 0.551. The Morgan fingerprint density at radius 3 is 1.88 bits per heavy atom. The van der Waals surface area contributed by atoms with Gasteiger partial charge in [0.15, 0.2) is 0 Å². The second-order valence-corrected chi connectivity index (χ2v) is 14.0. The van der Waals surface area contributed by atoms with Crippen LogP contribution in [0, 0.1) is 0 Å². The number of rotatable bonds is 2. The summed E-state index contributed by atoms with van der Waals surface area (Å²) in [6.45, 7) is 14.1. The molecule has 1 heteroatoms. The van der Waals surface area contributed by atoms with Gasteiger partial charge in [0, 0.05) is 5.92 Å². The van der Waals surface area contributed by atoms with Crippen LogP contribution in [0.5, 0.6) is 0 Å².